The molecule has 0 spiro atoms. The minimum absolute atomic E-state index is 0.0303. The minimum atomic E-state index is -0.407. The van der Waals surface area contributed by atoms with Gasteiger partial charge in [-0.3, -0.25) is 4.79 Å². The molecule has 0 saturated carbocycles. The molecule has 0 aliphatic heterocycles. The predicted molar refractivity (Wildman–Crippen MR) is 80.0 cm³/mol. The fraction of sp³-hybridized carbons (Fsp3) is 0.643. The van der Waals surface area contributed by atoms with Crippen LogP contribution in [-0.4, -0.2) is 49.5 Å². The third-order valence-electron chi connectivity index (χ3n) is 2.84. The Hall–Kier alpha value is -1.73. The van der Waals surface area contributed by atoms with Gasteiger partial charge in [0.05, 0.1) is 6.54 Å². The molecule has 0 aliphatic carbocycles. The summed E-state index contributed by atoms with van der Waals surface area (Å²) in [7, 11) is 3.07. The Labute approximate surface area is 125 Å². The summed E-state index contributed by atoms with van der Waals surface area (Å²) in [6.45, 7) is 4.85. The van der Waals surface area contributed by atoms with Crippen molar-refractivity contribution in [1.29, 1.82) is 0 Å². The van der Waals surface area contributed by atoms with E-state index in [1.807, 2.05) is 19.9 Å². The van der Waals surface area contributed by atoms with Crippen LogP contribution in [0.25, 0.3) is 0 Å². The summed E-state index contributed by atoms with van der Waals surface area (Å²) in [5.74, 6) is 0.573. The molecule has 0 atom stereocenters. The van der Waals surface area contributed by atoms with Gasteiger partial charge in [-0.25, -0.2) is 9.97 Å². The lowest BCUT2D eigenvalue weighted by Gasteiger charge is -2.14. The zero-order valence-corrected chi connectivity index (χ0v) is 13.1. The van der Waals surface area contributed by atoms with Crippen molar-refractivity contribution in [2.75, 3.05) is 32.6 Å². The summed E-state index contributed by atoms with van der Waals surface area (Å²) in [6.07, 6.45) is 0.723. The van der Waals surface area contributed by atoms with E-state index in [0.717, 1.165) is 11.4 Å². The summed E-state index contributed by atoms with van der Waals surface area (Å²) >= 11 is 0. The summed E-state index contributed by atoms with van der Waals surface area (Å²) in [6, 6.07) is 1.92. The number of carbonyl (C=O) groups excluding carboxylic acids is 1. The van der Waals surface area contributed by atoms with E-state index in [1.54, 1.807) is 0 Å². The molecule has 7 heteroatoms. The fourth-order valence-corrected chi connectivity index (χ4v) is 1.80. The summed E-state index contributed by atoms with van der Waals surface area (Å²) in [5, 5.41) is 5.87. The van der Waals surface area contributed by atoms with Crippen LogP contribution in [0.15, 0.2) is 6.07 Å². The topological polar surface area (TPSA) is 85.4 Å². The SMILES string of the molecule is COC(CNC(=O)CCCNc1nc(C)cc(C)n1)OC. The second kappa shape index (κ2) is 9.25. The molecule has 0 saturated heterocycles. The molecule has 7 nitrogen and oxygen atoms in total. The van der Waals surface area contributed by atoms with E-state index >= 15 is 0 Å². The molecule has 21 heavy (non-hydrogen) atoms. The normalized spacial score (nSPS) is 10.7. The van der Waals surface area contributed by atoms with Gasteiger partial charge in [0, 0.05) is 38.6 Å². The van der Waals surface area contributed by atoms with Crippen LogP contribution < -0.4 is 10.6 Å². The molecule has 1 rings (SSSR count). The second-order valence-electron chi connectivity index (χ2n) is 4.71. The highest BCUT2D eigenvalue weighted by atomic mass is 16.7. The first-order valence-electron chi connectivity index (χ1n) is 6.93. The highest BCUT2D eigenvalue weighted by Gasteiger charge is 2.07. The smallest absolute Gasteiger partial charge is 0.223 e. The molecule has 0 unspecified atom stereocenters. The van der Waals surface area contributed by atoms with Crippen LogP contribution >= 0.6 is 0 Å². The molecule has 0 radical (unpaired) electrons. The number of nitrogens with zero attached hydrogens (tertiary/aromatic N) is 2. The second-order valence-corrected chi connectivity index (χ2v) is 4.71. The van der Waals surface area contributed by atoms with Gasteiger partial charge in [-0.05, 0) is 26.3 Å². The Morgan fingerprint density at radius 1 is 1.24 bits per heavy atom. The van der Waals surface area contributed by atoms with Gasteiger partial charge in [0.25, 0.3) is 0 Å². The van der Waals surface area contributed by atoms with Crippen LogP contribution in [0.1, 0.15) is 24.2 Å². The number of hydrogen-bond donors (Lipinski definition) is 2. The molecular formula is C14H24N4O3. The molecule has 1 aromatic heterocycles. The molecule has 2 N–H and O–H groups in total. The molecule has 1 aromatic rings. The molecule has 1 amide bonds. The number of anilines is 1. The van der Waals surface area contributed by atoms with Crippen LogP contribution in [0.4, 0.5) is 5.95 Å². The Balaban J connectivity index is 2.20. The molecule has 0 bridgehead atoms. The lowest BCUT2D eigenvalue weighted by atomic mass is 10.3. The number of hydrogen-bond acceptors (Lipinski definition) is 6. The van der Waals surface area contributed by atoms with Gasteiger partial charge in [0.1, 0.15) is 0 Å². The summed E-state index contributed by atoms with van der Waals surface area (Å²) in [4.78, 5) is 20.2. The predicted octanol–water partition coefficient (Wildman–Crippen LogP) is 1.02. The number of rotatable bonds is 9. The van der Waals surface area contributed by atoms with Gasteiger partial charge in [0.15, 0.2) is 6.29 Å². The molecular weight excluding hydrogens is 272 g/mol. The van der Waals surface area contributed by atoms with Crippen molar-refractivity contribution in [3.8, 4) is 0 Å². The molecule has 118 valence electrons. The first-order valence-corrected chi connectivity index (χ1v) is 6.93. The largest absolute Gasteiger partial charge is 0.354 e. The van der Waals surface area contributed by atoms with E-state index in [-0.39, 0.29) is 5.91 Å². The molecule has 1 heterocycles. The van der Waals surface area contributed by atoms with Crippen LogP contribution in [0.5, 0.6) is 0 Å². The van der Waals surface area contributed by atoms with Gasteiger partial charge >= 0.3 is 0 Å². The maximum absolute atomic E-state index is 11.6. The first-order chi connectivity index (χ1) is 10.0. The summed E-state index contributed by atoms with van der Waals surface area (Å²) in [5.41, 5.74) is 1.85. The van der Waals surface area contributed by atoms with Gasteiger partial charge in [0.2, 0.25) is 11.9 Å². The number of nitrogens with one attached hydrogen (secondary N) is 2. The number of amides is 1. The number of methoxy groups -OCH3 is 2. The lowest BCUT2D eigenvalue weighted by Crippen LogP contribution is -2.34. The van der Waals surface area contributed by atoms with Crippen LogP contribution in [0.3, 0.4) is 0 Å². The highest BCUT2D eigenvalue weighted by molar-refractivity contribution is 5.75. The Morgan fingerprint density at radius 2 is 1.86 bits per heavy atom. The average molecular weight is 296 g/mol. The highest BCUT2D eigenvalue weighted by Crippen LogP contribution is 2.03. The van der Waals surface area contributed by atoms with Crippen molar-refractivity contribution in [3.05, 3.63) is 17.5 Å². The fourth-order valence-electron chi connectivity index (χ4n) is 1.80. The van der Waals surface area contributed by atoms with Crippen molar-refractivity contribution in [2.45, 2.75) is 33.0 Å². The van der Waals surface area contributed by atoms with Crippen LogP contribution in [-0.2, 0) is 14.3 Å². The number of carbonyl (C=O) groups is 1. The van der Waals surface area contributed by atoms with Crippen LogP contribution in [0, 0.1) is 13.8 Å². The van der Waals surface area contributed by atoms with Crippen molar-refractivity contribution >= 4 is 11.9 Å². The zero-order valence-electron chi connectivity index (χ0n) is 13.1. The van der Waals surface area contributed by atoms with Crippen molar-refractivity contribution in [3.63, 3.8) is 0 Å². The summed E-state index contributed by atoms with van der Waals surface area (Å²) < 4.78 is 9.98. The van der Waals surface area contributed by atoms with E-state index in [9.17, 15) is 4.79 Å². The maximum atomic E-state index is 11.6. The van der Waals surface area contributed by atoms with Crippen molar-refractivity contribution < 1.29 is 14.3 Å². The standard InChI is InChI=1S/C14H24N4O3/c1-10-8-11(2)18-14(17-10)15-7-5-6-12(19)16-9-13(20-3)21-4/h8,13H,5-7,9H2,1-4H3,(H,16,19)(H,15,17,18). The monoisotopic (exact) mass is 296 g/mol. The average Bonchev–Trinajstić information content (AvgIpc) is 2.43. The number of aryl methyl sites for hydroxylation is 2. The van der Waals surface area contributed by atoms with Gasteiger partial charge < -0.3 is 20.1 Å². The number of ether oxygens (including phenoxy) is 2. The van der Waals surface area contributed by atoms with E-state index in [1.165, 1.54) is 14.2 Å². The third-order valence-corrected chi connectivity index (χ3v) is 2.84. The van der Waals surface area contributed by atoms with Gasteiger partial charge in [-0.2, -0.15) is 0 Å². The van der Waals surface area contributed by atoms with Crippen molar-refractivity contribution in [1.82, 2.24) is 15.3 Å². The van der Waals surface area contributed by atoms with Gasteiger partial charge in [-0.15, -0.1) is 0 Å². The quantitative estimate of drug-likeness (QED) is 0.523. The van der Waals surface area contributed by atoms with E-state index in [0.29, 0.717) is 31.9 Å². The Kier molecular flexibility index (Phi) is 7.63. The third kappa shape index (κ3) is 7.01. The molecule has 0 fully saturated rings. The molecule has 0 aliphatic rings. The zero-order chi connectivity index (χ0) is 15.7. The first kappa shape index (κ1) is 17.3. The number of aromatic nitrogens is 2. The van der Waals surface area contributed by atoms with E-state index < -0.39 is 6.29 Å². The van der Waals surface area contributed by atoms with Gasteiger partial charge in [-0.1, -0.05) is 0 Å². The van der Waals surface area contributed by atoms with E-state index in [2.05, 4.69) is 20.6 Å². The Morgan fingerprint density at radius 3 is 2.43 bits per heavy atom. The van der Waals surface area contributed by atoms with E-state index in [4.69, 9.17) is 9.47 Å². The van der Waals surface area contributed by atoms with Crippen LogP contribution in [0.2, 0.25) is 0 Å². The minimum Gasteiger partial charge on any atom is -0.354 e. The van der Waals surface area contributed by atoms with Crippen molar-refractivity contribution in [2.24, 2.45) is 0 Å². The lowest BCUT2D eigenvalue weighted by molar-refractivity contribution is -0.127. The molecule has 0 aromatic carbocycles. The maximum Gasteiger partial charge on any atom is 0.223 e. The Bertz CT molecular complexity index is 430.